The van der Waals surface area contributed by atoms with Crippen molar-refractivity contribution in [3.8, 4) is 5.88 Å². The van der Waals surface area contributed by atoms with Crippen LogP contribution in [-0.4, -0.2) is 16.8 Å². The Morgan fingerprint density at radius 2 is 2.38 bits per heavy atom. The van der Waals surface area contributed by atoms with Gasteiger partial charge in [0.15, 0.2) is 0 Å². The Morgan fingerprint density at radius 3 is 2.92 bits per heavy atom. The fourth-order valence-electron chi connectivity index (χ4n) is 0.668. The number of ether oxygens (including phenoxy) is 1. The summed E-state index contributed by atoms with van der Waals surface area (Å²) >= 11 is 3.00. The Bertz CT molecular complexity index is 334. The van der Waals surface area contributed by atoms with Gasteiger partial charge in [-0.3, -0.25) is 0 Å². The van der Waals surface area contributed by atoms with E-state index in [1.54, 1.807) is 0 Å². The zero-order valence-electron chi connectivity index (χ0n) is 6.24. The molecule has 7 heteroatoms. The van der Waals surface area contributed by atoms with Gasteiger partial charge in [-0.05, 0) is 26.9 Å². The Kier molecular flexibility index (Phi) is 3.13. The fraction of sp³-hybridized carbons (Fsp3) is 0.167. The van der Waals surface area contributed by atoms with Gasteiger partial charge in [-0.15, -0.1) is 0 Å². The normalized spacial score (nSPS) is 9.69. The predicted molar refractivity (Wildman–Crippen MR) is 45.2 cm³/mol. The molecule has 0 radical (unpaired) electrons. The van der Waals surface area contributed by atoms with Crippen LogP contribution in [0, 0.1) is 10.1 Å². The van der Waals surface area contributed by atoms with E-state index in [1.807, 2.05) is 0 Å². The molecular weight excluding hydrogens is 247 g/mol. The molecule has 70 valence electrons. The summed E-state index contributed by atoms with van der Waals surface area (Å²) in [5, 5.41) is 10.2. The first-order valence-corrected chi connectivity index (χ1v) is 3.94. The summed E-state index contributed by atoms with van der Waals surface area (Å²) in [5.74, 6) is -0.511. The lowest BCUT2D eigenvalue weighted by Crippen LogP contribution is -1.98. The minimum absolute atomic E-state index is 0.128. The Labute approximate surface area is 80.8 Å². The van der Waals surface area contributed by atoms with Crippen LogP contribution < -0.4 is 4.74 Å². The summed E-state index contributed by atoms with van der Waals surface area (Å²) in [6, 6.07) is 2.56. The van der Waals surface area contributed by atoms with Crippen molar-refractivity contribution >= 4 is 21.7 Å². The highest BCUT2D eigenvalue weighted by Crippen LogP contribution is 2.24. The maximum atomic E-state index is 11.7. The summed E-state index contributed by atoms with van der Waals surface area (Å²) < 4.78 is 16.5. The molecule has 0 spiro atoms. The second-order valence-electron chi connectivity index (χ2n) is 1.97. The molecule has 0 saturated heterocycles. The molecule has 13 heavy (non-hydrogen) atoms. The lowest BCUT2D eigenvalue weighted by Gasteiger charge is -1.97. The number of pyridine rings is 1. The van der Waals surface area contributed by atoms with E-state index in [1.165, 1.54) is 12.1 Å². The molecule has 1 heterocycles. The number of halogens is 2. The van der Waals surface area contributed by atoms with Crippen LogP contribution in [0.15, 0.2) is 16.6 Å². The second kappa shape index (κ2) is 4.13. The van der Waals surface area contributed by atoms with E-state index in [0.717, 1.165) is 0 Å². The lowest BCUT2D eigenvalue weighted by molar-refractivity contribution is -0.389. The molecule has 0 N–H and O–H groups in total. The standard InChI is InChI=1S/C6H4BrFN2O3/c7-4-1-2-5(10(11)12)9-6(4)13-3-8/h1-2H,3H2. The first-order valence-electron chi connectivity index (χ1n) is 3.15. The van der Waals surface area contributed by atoms with Gasteiger partial charge >= 0.3 is 11.7 Å². The van der Waals surface area contributed by atoms with Gasteiger partial charge < -0.3 is 14.9 Å². The van der Waals surface area contributed by atoms with E-state index < -0.39 is 11.8 Å². The quantitative estimate of drug-likeness (QED) is 0.609. The third kappa shape index (κ3) is 2.35. The molecule has 0 saturated carbocycles. The maximum absolute atomic E-state index is 11.7. The first-order chi connectivity index (χ1) is 6.15. The molecule has 0 aromatic carbocycles. The number of hydrogen-bond acceptors (Lipinski definition) is 4. The monoisotopic (exact) mass is 250 g/mol. The number of aromatic nitrogens is 1. The van der Waals surface area contributed by atoms with E-state index in [9.17, 15) is 14.5 Å². The van der Waals surface area contributed by atoms with Gasteiger partial charge in [0.25, 0.3) is 0 Å². The van der Waals surface area contributed by atoms with Gasteiger partial charge in [-0.1, -0.05) is 0 Å². The summed E-state index contributed by atoms with van der Waals surface area (Å²) in [6.45, 7) is -1.08. The molecule has 0 bridgehead atoms. The van der Waals surface area contributed by atoms with Crippen LogP contribution in [0.25, 0.3) is 0 Å². The summed E-state index contributed by atoms with van der Waals surface area (Å²) in [4.78, 5) is 13.0. The maximum Gasteiger partial charge on any atom is 0.367 e. The van der Waals surface area contributed by atoms with E-state index in [0.29, 0.717) is 4.47 Å². The molecule has 1 rings (SSSR count). The van der Waals surface area contributed by atoms with Crippen molar-refractivity contribution in [2.75, 3.05) is 6.86 Å². The summed E-state index contributed by atoms with van der Waals surface area (Å²) in [5.41, 5.74) is 0. The van der Waals surface area contributed by atoms with Crippen LogP contribution in [0.3, 0.4) is 0 Å². The third-order valence-electron chi connectivity index (χ3n) is 1.18. The number of nitrogens with zero attached hydrogens (tertiary/aromatic N) is 2. The van der Waals surface area contributed by atoms with Gasteiger partial charge in [0.2, 0.25) is 6.86 Å². The Balaban J connectivity index is 3.03. The molecular formula is C6H4BrFN2O3. The van der Waals surface area contributed by atoms with E-state index >= 15 is 0 Å². The minimum atomic E-state index is -1.08. The predicted octanol–water partition coefficient (Wildman–Crippen LogP) is 2.06. The Morgan fingerprint density at radius 1 is 1.69 bits per heavy atom. The van der Waals surface area contributed by atoms with Crippen LogP contribution in [0.1, 0.15) is 0 Å². The van der Waals surface area contributed by atoms with Crippen LogP contribution in [0.4, 0.5) is 10.2 Å². The highest BCUT2D eigenvalue weighted by molar-refractivity contribution is 9.10. The zero-order chi connectivity index (χ0) is 9.84. The average Bonchev–Trinajstić information content (AvgIpc) is 2.08. The number of rotatable bonds is 3. The van der Waals surface area contributed by atoms with Gasteiger partial charge in [0.1, 0.15) is 4.47 Å². The highest BCUT2D eigenvalue weighted by Gasteiger charge is 2.14. The molecule has 0 aliphatic carbocycles. The number of alkyl halides is 1. The molecule has 0 fully saturated rings. The third-order valence-corrected chi connectivity index (χ3v) is 1.78. The smallest absolute Gasteiger partial charge is 0.367 e. The molecule has 5 nitrogen and oxygen atoms in total. The molecule has 0 atom stereocenters. The van der Waals surface area contributed by atoms with Gasteiger partial charge in [-0.25, -0.2) is 4.39 Å². The molecule has 0 aliphatic heterocycles. The largest absolute Gasteiger partial charge is 0.427 e. The van der Waals surface area contributed by atoms with E-state index in [2.05, 4.69) is 25.7 Å². The van der Waals surface area contributed by atoms with E-state index in [-0.39, 0.29) is 11.7 Å². The zero-order valence-corrected chi connectivity index (χ0v) is 7.82. The van der Waals surface area contributed by atoms with Crippen molar-refractivity contribution in [1.82, 2.24) is 4.98 Å². The van der Waals surface area contributed by atoms with Crippen molar-refractivity contribution in [3.05, 3.63) is 26.7 Å². The second-order valence-corrected chi connectivity index (χ2v) is 2.82. The average molecular weight is 251 g/mol. The van der Waals surface area contributed by atoms with Crippen LogP contribution >= 0.6 is 15.9 Å². The number of hydrogen-bond donors (Lipinski definition) is 0. The van der Waals surface area contributed by atoms with Gasteiger partial charge in [0.05, 0.1) is 0 Å². The molecule has 0 aliphatic rings. The SMILES string of the molecule is O=[N+]([O-])c1ccc(Br)c(OCF)n1. The van der Waals surface area contributed by atoms with Crippen LogP contribution in [-0.2, 0) is 0 Å². The van der Waals surface area contributed by atoms with Gasteiger partial charge in [-0.2, -0.15) is 0 Å². The highest BCUT2D eigenvalue weighted by atomic mass is 79.9. The lowest BCUT2D eigenvalue weighted by atomic mass is 10.4. The van der Waals surface area contributed by atoms with Gasteiger partial charge in [0, 0.05) is 11.1 Å². The van der Waals surface area contributed by atoms with Crippen molar-refractivity contribution in [3.63, 3.8) is 0 Å². The van der Waals surface area contributed by atoms with Crippen molar-refractivity contribution < 1.29 is 14.1 Å². The van der Waals surface area contributed by atoms with Crippen LogP contribution in [0.5, 0.6) is 5.88 Å². The van der Waals surface area contributed by atoms with E-state index in [4.69, 9.17) is 0 Å². The Hall–Kier alpha value is -1.24. The summed E-state index contributed by atoms with van der Waals surface area (Å²) in [7, 11) is 0. The minimum Gasteiger partial charge on any atom is -0.427 e. The van der Waals surface area contributed by atoms with Crippen LogP contribution in [0.2, 0.25) is 0 Å². The number of nitro groups is 1. The fourth-order valence-corrected chi connectivity index (χ4v) is 1.00. The molecule has 0 amide bonds. The molecule has 0 unspecified atom stereocenters. The first kappa shape index (κ1) is 9.85. The molecule has 1 aromatic heterocycles. The molecule has 1 aromatic rings. The van der Waals surface area contributed by atoms with Crippen molar-refractivity contribution in [2.24, 2.45) is 0 Å². The summed E-state index contributed by atoms with van der Waals surface area (Å²) in [6.07, 6.45) is 0. The topological polar surface area (TPSA) is 65.3 Å². The van der Waals surface area contributed by atoms with Crippen molar-refractivity contribution in [1.29, 1.82) is 0 Å². The van der Waals surface area contributed by atoms with Crippen molar-refractivity contribution in [2.45, 2.75) is 0 Å².